The van der Waals surface area contributed by atoms with E-state index in [0.29, 0.717) is 0 Å². The van der Waals surface area contributed by atoms with Crippen LogP contribution in [-0.4, -0.2) is 5.11 Å². The second kappa shape index (κ2) is 7.00. The average Bonchev–Trinajstić information content (AvgIpc) is 2.73. The van der Waals surface area contributed by atoms with Crippen LogP contribution in [0, 0.1) is 0 Å². The predicted octanol–water partition coefficient (Wildman–Crippen LogP) is 4.85. The van der Waals surface area contributed by atoms with E-state index in [-0.39, 0.29) is 11.5 Å². The Morgan fingerprint density at radius 3 is 1.30 bits per heavy atom. The van der Waals surface area contributed by atoms with Gasteiger partial charge in [0.05, 0.1) is 5.41 Å². The summed E-state index contributed by atoms with van der Waals surface area (Å²) in [6, 6.07) is 34.8. The van der Waals surface area contributed by atoms with E-state index in [1.165, 1.54) is 0 Å². The second-order valence-electron chi connectivity index (χ2n) is 6.55. The van der Waals surface area contributed by atoms with Crippen molar-refractivity contribution in [1.29, 1.82) is 0 Å². The van der Waals surface area contributed by atoms with Crippen LogP contribution in [0.15, 0.2) is 109 Å². The van der Waals surface area contributed by atoms with Crippen molar-refractivity contribution >= 4 is 0 Å². The van der Waals surface area contributed by atoms with Gasteiger partial charge in [-0.3, -0.25) is 0 Å². The molecule has 27 heavy (non-hydrogen) atoms. The van der Waals surface area contributed by atoms with E-state index in [1.807, 2.05) is 60.7 Å². The van der Waals surface area contributed by atoms with Gasteiger partial charge in [0.2, 0.25) is 0 Å². The minimum atomic E-state index is -0.593. The zero-order valence-corrected chi connectivity index (χ0v) is 14.7. The van der Waals surface area contributed by atoms with Gasteiger partial charge >= 0.3 is 0 Å². The van der Waals surface area contributed by atoms with Crippen molar-refractivity contribution < 1.29 is 10.2 Å². The Morgan fingerprint density at radius 2 is 0.852 bits per heavy atom. The molecule has 4 aromatic rings. The summed E-state index contributed by atoms with van der Waals surface area (Å²) in [5, 5.41) is 21.6. The summed E-state index contributed by atoms with van der Waals surface area (Å²) >= 11 is 0. The molecule has 0 radical (unpaired) electrons. The highest BCUT2D eigenvalue weighted by molar-refractivity contribution is 5.60. The number of phenolic OH excluding ortho intramolecular Hbond substituents is 1. The Balaban J connectivity index is 2.11. The third-order valence-corrected chi connectivity index (χ3v) is 5.00. The van der Waals surface area contributed by atoms with Gasteiger partial charge in [0.15, 0.2) is 0 Å². The highest BCUT2D eigenvalue weighted by Crippen LogP contribution is 2.45. The molecule has 132 valence electrons. The van der Waals surface area contributed by atoms with Crippen molar-refractivity contribution in [2.75, 3.05) is 0 Å². The predicted molar refractivity (Wildman–Crippen MR) is 106 cm³/mol. The molecular formula is C25H19O2-. The molecule has 1 N–H and O–H groups in total. The summed E-state index contributed by atoms with van der Waals surface area (Å²) in [5.74, 6) is 0.211. The summed E-state index contributed by atoms with van der Waals surface area (Å²) in [5.41, 5.74) is 3.63. The van der Waals surface area contributed by atoms with E-state index in [0.717, 1.165) is 22.3 Å². The fourth-order valence-corrected chi connectivity index (χ4v) is 3.79. The van der Waals surface area contributed by atoms with Crippen LogP contribution in [0.1, 0.15) is 22.3 Å². The molecule has 0 saturated carbocycles. The standard InChI is InChI=1S/C25H20O2/c26-23-15-11-21(12-16-23)25(19-7-3-1-4-8-19,20-9-5-2-6-10-20)22-13-17-24(27)18-14-22/h1-18,26-27H/p-1. The molecule has 4 aromatic carbocycles. The lowest BCUT2D eigenvalue weighted by Gasteiger charge is -2.37. The van der Waals surface area contributed by atoms with Crippen molar-refractivity contribution in [1.82, 2.24) is 0 Å². The van der Waals surface area contributed by atoms with Crippen LogP contribution in [-0.2, 0) is 5.41 Å². The smallest absolute Gasteiger partial charge is 0.115 e. The SMILES string of the molecule is [O-]c1ccc(C(c2ccccc2)(c2ccccc2)c2ccc(O)cc2)cc1. The number of hydrogen-bond acceptors (Lipinski definition) is 2. The average molecular weight is 351 g/mol. The highest BCUT2D eigenvalue weighted by Gasteiger charge is 2.38. The first-order chi connectivity index (χ1) is 13.2. The number of aromatic hydroxyl groups is 1. The lowest BCUT2D eigenvalue weighted by molar-refractivity contribution is -0.268. The van der Waals surface area contributed by atoms with Crippen molar-refractivity contribution in [3.05, 3.63) is 131 Å². The first kappa shape index (κ1) is 16.9. The van der Waals surface area contributed by atoms with E-state index in [4.69, 9.17) is 0 Å². The molecule has 2 heteroatoms. The molecule has 0 atom stereocenters. The zero-order valence-electron chi connectivity index (χ0n) is 14.7. The van der Waals surface area contributed by atoms with Crippen LogP contribution in [0.25, 0.3) is 0 Å². The Kier molecular flexibility index (Phi) is 4.39. The first-order valence-corrected chi connectivity index (χ1v) is 8.89. The topological polar surface area (TPSA) is 43.3 Å². The summed E-state index contributed by atoms with van der Waals surface area (Å²) in [4.78, 5) is 0. The molecule has 0 aliphatic carbocycles. The number of phenols is 1. The molecule has 0 fully saturated rings. The Hall–Kier alpha value is -3.52. The molecule has 0 amide bonds. The Bertz CT molecular complexity index is 918. The number of benzene rings is 4. The quantitative estimate of drug-likeness (QED) is 0.534. The maximum Gasteiger partial charge on any atom is 0.115 e. The van der Waals surface area contributed by atoms with Gasteiger partial charge in [0.1, 0.15) is 5.75 Å². The minimum absolute atomic E-state index is 0.0144. The Morgan fingerprint density at radius 1 is 0.481 bits per heavy atom. The van der Waals surface area contributed by atoms with Crippen molar-refractivity contribution in [3.63, 3.8) is 0 Å². The summed E-state index contributed by atoms with van der Waals surface area (Å²) in [7, 11) is 0. The van der Waals surface area contributed by atoms with E-state index < -0.39 is 5.41 Å². The van der Waals surface area contributed by atoms with Gasteiger partial charge in [-0.2, -0.15) is 0 Å². The van der Waals surface area contributed by atoms with Crippen molar-refractivity contribution in [3.8, 4) is 11.5 Å². The second-order valence-corrected chi connectivity index (χ2v) is 6.55. The van der Waals surface area contributed by atoms with E-state index in [9.17, 15) is 10.2 Å². The lowest BCUT2D eigenvalue weighted by atomic mass is 9.65. The maximum atomic E-state index is 11.8. The monoisotopic (exact) mass is 351 g/mol. The van der Waals surface area contributed by atoms with Crippen molar-refractivity contribution in [2.24, 2.45) is 0 Å². The molecule has 0 unspecified atom stereocenters. The van der Waals surface area contributed by atoms with Crippen LogP contribution < -0.4 is 5.11 Å². The first-order valence-electron chi connectivity index (χ1n) is 8.89. The highest BCUT2D eigenvalue weighted by atomic mass is 16.3. The minimum Gasteiger partial charge on any atom is -0.872 e. The Labute approximate surface area is 159 Å². The summed E-state index contributed by atoms with van der Waals surface area (Å²) in [6.07, 6.45) is 0. The molecule has 0 aliphatic rings. The fourth-order valence-electron chi connectivity index (χ4n) is 3.79. The zero-order chi connectivity index (χ0) is 18.7. The lowest BCUT2D eigenvalue weighted by Crippen LogP contribution is -2.30. The molecule has 0 bridgehead atoms. The van der Waals surface area contributed by atoms with Gasteiger partial charge in [-0.05, 0) is 34.4 Å². The summed E-state index contributed by atoms with van der Waals surface area (Å²) < 4.78 is 0. The molecule has 2 nitrogen and oxygen atoms in total. The number of rotatable bonds is 4. The fraction of sp³-hybridized carbons (Fsp3) is 0.0400. The van der Waals surface area contributed by atoms with Crippen LogP contribution in [0.4, 0.5) is 0 Å². The molecule has 0 aliphatic heterocycles. The van der Waals surface area contributed by atoms with Crippen LogP contribution in [0.5, 0.6) is 11.5 Å². The number of hydrogen-bond donors (Lipinski definition) is 1. The third-order valence-electron chi connectivity index (χ3n) is 5.00. The molecular weight excluding hydrogens is 332 g/mol. The van der Waals surface area contributed by atoms with Crippen LogP contribution in [0.3, 0.4) is 0 Å². The van der Waals surface area contributed by atoms with Gasteiger partial charge in [0.25, 0.3) is 0 Å². The van der Waals surface area contributed by atoms with Gasteiger partial charge in [0, 0.05) is 0 Å². The maximum absolute atomic E-state index is 11.8. The van der Waals surface area contributed by atoms with Crippen LogP contribution in [0.2, 0.25) is 0 Å². The van der Waals surface area contributed by atoms with Gasteiger partial charge in [-0.25, -0.2) is 0 Å². The van der Waals surface area contributed by atoms with Crippen LogP contribution >= 0.6 is 0 Å². The molecule has 0 spiro atoms. The van der Waals surface area contributed by atoms with Gasteiger partial charge in [-0.1, -0.05) is 97.1 Å². The normalized spacial score (nSPS) is 11.3. The van der Waals surface area contributed by atoms with Gasteiger partial charge < -0.3 is 10.2 Å². The molecule has 0 heterocycles. The molecule has 0 saturated heterocycles. The van der Waals surface area contributed by atoms with E-state index in [1.54, 1.807) is 24.3 Å². The third kappa shape index (κ3) is 2.96. The molecule has 0 aromatic heterocycles. The van der Waals surface area contributed by atoms with Gasteiger partial charge in [-0.15, -0.1) is 5.75 Å². The van der Waals surface area contributed by atoms with E-state index in [2.05, 4.69) is 24.3 Å². The largest absolute Gasteiger partial charge is 0.872 e. The molecule has 4 rings (SSSR count). The van der Waals surface area contributed by atoms with Crippen molar-refractivity contribution in [2.45, 2.75) is 5.41 Å². The summed E-state index contributed by atoms with van der Waals surface area (Å²) in [6.45, 7) is 0. The van der Waals surface area contributed by atoms with E-state index >= 15 is 0 Å².